The average molecular weight is 573 g/mol. The van der Waals surface area contributed by atoms with Crippen LogP contribution in [0.3, 0.4) is 0 Å². The van der Waals surface area contributed by atoms with Crippen molar-refractivity contribution < 1.29 is 17.9 Å². The number of benzene rings is 3. The molecule has 0 radical (unpaired) electrons. The maximum atomic E-state index is 13.5. The SMILES string of the molecule is Cc1ccc(S(=O)(=O)N(CC(=O)NCc2cccc(CN3CCOCC3)c2)c2cccc(Br)c2)cc1. The van der Waals surface area contributed by atoms with Crippen LogP contribution < -0.4 is 9.62 Å². The molecule has 0 spiro atoms. The highest BCUT2D eigenvalue weighted by molar-refractivity contribution is 9.10. The van der Waals surface area contributed by atoms with Crippen molar-refractivity contribution in [1.29, 1.82) is 0 Å². The number of amides is 1. The number of halogens is 1. The normalized spacial score (nSPS) is 14.4. The summed E-state index contributed by atoms with van der Waals surface area (Å²) in [5, 5.41) is 2.89. The number of aryl methyl sites for hydroxylation is 1. The third kappa shape index (κ3) is 6.94. The molecule has 4 rings (SSSR count). The Morgan fingerprint density at radius 2 is 1.69 bits per heavy atom. The van der Waals surface area contributed by atoms with Gasteiger partial charge < -0.3 is 10.1 Å². The summed E-state index contributed by atoms with van der Waals surface area (Å²) in [6.45, 7) is 6.00. The fraction of sp³-hybridized carbons (Fsp3) is 0.296. The van der Waals surface area contributed by atoms with Gasteiger partial charge in [0.2, 0.25) is 5.91 Å². The molecule has 36 heavy (non-hydrogen) atoms. The second-order valence-corrected chi connectivity index (χ2v) is 11.6. The first-order valence-corrected chi connectivity index (χ1v) is 14.0. The van der Waals surface area contributed by atoms with Crippen LogP contribution in [0.15, 0.2) is 82.2 Å². The fourth-order valence-electron chi connectivity index (χ4n) is 4.03. The monoisotopic (exact) mass is 571 g/mol. The largest absolute Gasteiger partial charge is 0.379 e. The van der Waals surface area contributed by atoms with Crippen LogP contribution in [0.2, 0.25) is 0 Å². The van der Waals surface area contributed by atoms with E-state index >= 15 is 0 Å². The summed E-state index contributed by atoms with van der Waals surface area (Å²) in [6, 6.07) is 21.6. The van der Waals surface area contributed by atoms with Crippen LogP contribution in [0.4, 0.5) is 5.69 Å². The molecule has 1 fully saturated rings. The summed E-state index contributed by atoms with van der Waals surface area (Å²) in [4.78, 5) is 15.4. The topological polar surface area (TPSA) is 79.0 Å². The lowest BCUT2D eigenvalue weighted by atomic mass is 10.1. The van der Waals surface area contributed by atoms with Gasteiger partial charge in [-0.1, -0.05) is 64.0 Å². The molecule has 1 aliphatic heterocycles. The van der Waals surface area contributed by atoms with E-state index in [2.05, 4.69) is 38.3 Å². The number of nitrogens with one attached hydrogen (secondary N) is 1. The van der Waals surface area contributed by atoms with Crippen molar-refractivity contribution in [2.75, 3.05) is 37.2 Å². The molecular formula is C27H30BrN3O4S. The second-order valence-electron chi connectivity index (χ2n) is 8.79. The van der Waals surface area contributed by atoms with Crippen molar-refractivity contribution in [1.82, 2.24) is 10.2 Å². The minimum atomic E-state index is -3.95. The first-order chi connectivity index (χ1) is 17.3. The Morgan fingerprint density at radius 3 is 2.42 bits per heavy atom. The zero-order valence-electron chi connectivity index (χ0n) is 20.2. The number of rotatable bonds is 9. The number of sulfonamides is 1. The number of hydrogen-bond donors (Lipinski definition) is 1. The van der Waals surface area contributed by atoms with Gasteiger partial charge in [-0.05, 0) is 48.4 Å². The second kappa shape index (κ2) is 12.0. The predicted octanol–water partition coefficient (Wildman–Crippen LogP) is 4.10. The van der Waals surface area contributed by atoms with Crippen LogP contribution >= 0.6 is 15.9 Å². The molecule has 0 aliphatic carbocycles. The van der Waals surface area contributed by atoms with E-state index in [0.717, 1.165) is 52.8 Å². The van der Waals surface area contributed by atoms with Crippen LogP contribution in [0.1, 0.15) is 16.7 Å². The number of ether oxygens (including phenoxy) is 1. The summed E-state index contributed by atoms with van der Waals surface area (Å²) < 4.78 is 34.3. The van der Waals surface area contributed by atoms with Crippen molar-refractivity contribution in [2.24, 2.45) is 0 Å². The number of anilines is 1. The van der Waals surface area contributed by atoms with Gasteiger partial charge in [0.1, 0.15) is 6.54 Å². The van der Waals surface area contributed by atoms with Crippen LogP contribution in [0, 0.1) is 6.92 Å². The minimum Gasteiger partial charge on any atom is -0.379 e. The number of nitrogens with zero attached hydrogens (tertiary/aromatic N) is 2. The molecule has 1 saturated heterocycles. The van der Waals surface area contributed by atoms with Gasteiger partial charge in [0, 0.05) is 30.7 Å². The third-order valence-electron chi connectivity index (χ3n) is 5.98. The molecule has 0 saturated carbocycles. The first-order valence-electron chi connectivity index (χ1n) is 11.8. The van der Waals surface area contributed by atoms with Gasteiger partial charge >= 0.3 is 0 Å². The summed E-state index contributed by atoms with van der Waals surface area (Å²) in [5.74, 6) is -0.385. The van der Waals surface area contributed by atoms with E-state index in [4.69, 9.17) is 4.74 Å². The van der Waals surface area contributed by atoms with Crippen LogP contribution in [0.5, 0.6) is 0 Å². The van der Waals surface area contributed by atoms with Crippen LogP contribution in [-0.4, -0.2) is 52.1 Å². The quantitative estimate of drug-likeness (QED) is 0.418. The Bertz CT molecular complexity index is 1290. The average Bonchev–Trinajstić information content (AvgIpc) is 2.87. The van der Waals surface area contributed by atoms with Gasteiger partial charge in [0.05, 0.1) is 23.8 Å². The highest BCUT2D eigenvalue weighted by Crippen LogP contribution is 2.26. The van der Waals surface area contributed by atoms with Crippen molar-refractivity contribution in [3.05, 3.63) is 94.0 Å². The summed E-state index contributed by atoms with van der Waals surface area (Å²) >= 11 is 3.40. The zero-order valence-corrected chi connectivity index (χ0v) is 22.6. The molecule has 1 N–H and O–H groups in total. The number of carbonyl (C=O) groups excluding carboxylic acids is 1. The number of carbonyl (C=O) groups is 1. The maximum absolute atomic E-state index is 13.5. The maximum Gasteiger partial charge on any atom is 0.264 e. The van der Waals surface area contributed by atoms with Gasteiger partial charge in [-0.2, -0.15) is 0 Å². The molecule has 0 unspecified atom stereocenters. The number of morpholine rings is 1. The molecule has 0 bridgehead atoms. The van der Waals surface area contributed by atoms with Gasteiger partial charge in [-0.25, -0.2) is 8.42 Å². The molecular weight excluding hydrogens is 542 g/mol. The minimum absolute atomic E-state index is 0.136. The summed E-state index contributed by atoms with van der Waals surface area (Å²) in [6.07, 6.45) is 0. The Labute approximate surface area is 221 Å². The standard InChI is InChI=1S/C27H30BrN3O4S/c1-21-8-10-26(11-9-21)36(33,34)31(25-7-3-6-24(28)17-25)20-27(32)29-18-22-4-2-5-23(16-22)19-30-12-14-35-15-13-30/h2-11,16-17H,12-15,18-20H2,1H3,(H,29,32). The Kier molecular flexibility index (Phi) is 8.79. The summed E-state index contributed by atoms with van der Waals surface area (Å²) in [7, 11) is -3.95. The van der Waals surface area contributed by atoms with Crippen LogP contribution in [0.25, 0.3) is 0 Å². The van der Waals surface area contributed by atoms with Crippen molar-refractivity contribution in [3.8, 4) is 0 Å². The smallest absolute Gasteiger partial charge is 0.264 e. The van der Waals surface area contributed by atoms with E-state index in [1.807, 2.05) is 25.1 Å². The lowest BCUT2D eigenvalue weighted by Crippen LogP contribution is -2.40. The van der Waals surface area contributed by atoms with E-state index in [9.17, 15) is 13.2 Å². The fourth-order valence-corrected chi connectivity index (χ4v) is 5.83. The van der Waals surface area contributed by atoms with Gasteiger partial charge in [0.25, 0.3) is 10.0 Å². The first kappa shape index (κ1) is 26.3. The Hall–Kier alpha value is -2.72. The third-order valence-corrected chi connectivity index (χ3v) is 8.26. The Morgan fingerprint density at radius 1 is 1.00 bits per heavy atom. The molecule has 0 atom stereocenters. The summed E-state index contributed by atoms with van der Waals surface area (Å²) in [5.41, 5.74) is 3.50. The molecule has 1 amide bonds. The van der Waals surface area contributed by atoms with Crippen LogP contribution in [-0.2, 0) is 32.6 Å². The molecule has 9 heteroatoms. The molecule has 190 valence electrons. The van der Waals surface area contributed by atoms with E-state index in [1.165, 1.54) is 5.56 Å². The van der Waals surface area contributed by atoms with E-state index in [-0.39, 0.29) is 17.3 Å². The molecule has 3 aromatic rings. The molecule has 0 aromatic heterocycles. The highest BCUT2D eigenvalue weighted by atomic mass is 79.9. The molecule has 1 aliphatic rings. The predicted molar refractivity (Wildman–Crippen MR) is 144 cm³/mol. The zero-order chi connectivity index (χ0) is 25.5. The van der Waals surface area contributed by atoms with Crippen molar-refractivity contribution in [3.63, 3.8) is 0 Å². The molecule has 7 nitrogen and oxygen atoms in total. The van der Waals surface area contributed by atoms with Gasteiger partial charge in [-0.3, -0.25) is 14.0 Å². The van der Waals surface area contributed by atoms with Crippen molar-refractivity contribution in [2.45, 2.75) is 24.9 Å². The lowest BCUT2D eigenvalue weighted by molar-refractivity contribution is -0.119. The lowest BCUT2D eigenvalue weighted by Gasteiger charge is -2.26. The number of hydrogen-bond acceptors (Lipinski definition) is 5. The van der Waals surface area contributed by atoms with Gasteiger partial charge in [0.15, 0.2) is 0 Å². The Balaban J connectivity index is 1.47. The molecule has 1 heterocycles. The van der Waals surface area contributed by atoms with E-state index < -0.39 is 10.0 Å². The van der Waals surface area contributed by atoms with E-state index in [1.54, 1.807) is 42.5 Å². The van der Waals surface area contributed by atoms with Crippen molar-refractivity contribution >= 4 is 37.5 Å². The van der Waals surface area contributed by atoms with Gasteiger partial charge in [-0.15, -0.1) is 0 Å². The van der Waals surface area contributed by atoms with E-state index in [0.29, 0.717) is 12.2 Å². The highest BCUT2D eigenvalue weighted by Gasteiger charge is 2.27. The molecule has 3 aromatic carbocycles.